The van der Waals surface area contributed by atoms with Crippen LogP contribution in [0, 0.1) is 6.92 Å². The lowest BCUT2D eigenvalue weighted by molar-refractivity contribution is 0.257. The molecule has 0 aliphatic rings. The smallest absolute Gasteiger partial charge is 0.229 e. The fourth-order valence-electron chi connectivity index (χ4n) is 1.26. The van der Waals surface area contributed by atoms with E-state index in [4.69, 9.17) is 11.6 Å². The Kier molecular flexibility index (Phi) is 4.24. The third-order valence-electron chi connectivity index (χ3n) is 3.04. The SMILES string of the molecule is CCC(C)(C)N(C)S(=O)(=O)c1sc(Cl)nc1C. The second-order valence-corrected chi connectivity index (χ2v) is 8.22. The number of thiazole rings is 1. The van der Waals surface area contributed by atoms with Crippen molar-refractivity contribution >= 4 is 33.0 Å². The molecule has 0 radical (unpaired) electrons. The number of rotatable bonds is 4. The van der Waals surface area contributed by atoms with Crippen molar-refractivity contribution in [1.82, 2.24) is 9.29 Å². The Hall–Kier alpha value is -0.170. The summed E-state index contributed by atoms with van der Waals surface area (Å²) in [6.45, 7) is 7.39. The van der Waals surface area contributed by atoms with E-state index in [1.807, 2.05) is 20.8 Å². The van der Waals surface area contributed by atoms with Crippen molar-refractivity contribution in [2.24, 2.45) is 0 Å². The van der Waals surface area contributed by atoms with Crippen LogP contribution in [0.1, 0.15) is 32.9 Å². The maximum Gasteiger partial charge on any atom is 0.254 e. The van der Waals surface area contributed by atoms with E-state index in [1.165, 1.54) is 4.31 Å². The van der Waals surface area contributed by atoms with Gasteiger partial charge >= 0.3 is 0 Å². The molecule has 1 aromatic rings. The Morgan fingerprint density at radius 1 is 1.47 bits per heavy atom. The summed E-state index contributed by atoms with van der Waals surface area (Å²) in [6.07, 6.45) is 0.730. The van der Waals surface area contributed by atoms with Crippen molar-refractivity contribution in [3.05, 3.63) is 10.2 Å². The Labute approximate surface area is 112 Å². The van der Waals surface area contributed by atoms with Gasteiger partial charge < -0.3 is 0 Å². The Balaban J connectivity index is 3.25. The van der Waals surface area contributed by atoms with E-state index >= 15 is 0 Å². The minimum absolute atomic E-state index is 0.228. The van der Waals surface area contributed by atoms with Crippen LogP contribution in [0.5, 0.6) is 0 Å². The second-order valence-electron chi connectivity index (χ2n) is 4.48. The van der Waals surface area contributed by atoms with Gasteiger partial charge in [0.1, 0.15) is 0 Å². The Morgan fingerprint density at radius 3 is 2.35 bits per heavy atom. The van der Waals surface area contributed by atoms with Crippen LogP contribution in [0.2, 0.25) is 4.47 Å². The average Bonchev–Trinajstić information content (AvgIpc) is 2.57. The third kappa shape index (κ3) is 2.81. The highest BCUT2D eigenvalue weighted by molar-refractivity contribution is 7.91. The zero-order valence-corrected chi connectivity index (χ0v) is 13.0. The zero-order chi connectivity index (χ0) is 13.4. The van der Waals surface area contributed by atoms with Crippen LogP contribution in [0.15, 0.2) is 4.21 Å². The first kappa shape index (κ1) is 14.9. The van der Waals surface area contributed by atoms with Gasteiger partial charge in [-0.1, -0.05) is 29.9 Å². The molecule has 0 aliphatic carbocycles. The lowest BCUT2D eigenvalue weighted by Crippen LogP contribution is -2.44. The zero-order valence-electron chi connectivity index (χ0n) is 10.6. The molecule has 0 bridgehead atoms. The molecular formula is C10H17ClN2O2S2. The summed E-state index contributed by atoms with van der Waals surface area (Å²) in [4.78, 5) is 3.95. The first-order valence-corrected chi connectivity index (χ1v) is 7.88. The maximum atomic E-state index is 12.4. The number of aromatic nitrogens is 1. The number of halogens is 1. The normalized spacial score (nSPS) is 13.4. The first-order chi connectivity index (χ1) is 7.63. The van der Waals surface area contributed by atoms with Crippen LogP contribution >= 0.6 is 22.9 Å². The molecule has 0 atom stereocenters. The van der Waals surface area contributed by atoms with Gasteiger partial charge in [0.05, 0.1) is 5.69 Å². The molecule has 0 N–H and O–H groups in total. The van der Waals surface area contributed by atoms with E-state index < -0.39 is 15.6 Å². The molecule has 1 rings (SSSR count). The van der Waals surface area contributed by atoms with Crippen LogP contribution in [0.4, 0.5) is 0 Å². The highest BCUT2D eigenvalue weighted by atomic mass is 35.5. The molecule has 98 valence electrons. The third-order valence-corrected chi connectivity index (χ3v) is 6.96. The highest BCUT2D eigenvalue weighted by Gasteiger charge is 2.35. The predicted molar refractivity (Wildman–Crippen MR) is 71.2 cm³/mol. The fraction of sp³-hybridized carbons (Fsp3) is 0.700. The summed E-state index contributed by atoms with van der Waals surface area (Å²) in [5.41, 5.74) is 0.0283. The van der Waals surface area contributed by atoms with Crippen LogP contribution in [-0.4, -0.2) is 30.3 Å². The molecule has 17 heavy (non-hydrogen) atoms. The van der Waals surface area contributed by atoms with Gasteiger partial charge in [-0.3, -0.25) is 0 Å². The molecule has 0 aromatic carbocycles. The van der Waals surface area contributed by atoms with Crippen LogP contribution in [0.25, 0.3) is 0 Å². The van der Waals surface area contributed by atoms with Crippen LogP contribution < -0.4 is 0 Å². The fourth-order valence-corrected chi connectivity index (χ4v) is 4.73. The van der Waals surface area contributed by atoms with E-state index in [0.29, 0.717) is 5.69 Å². The van der Waals surface area contributed by atoms with Crippen LogP contribution in [-0.2, 0) is 10.0 Å². The highest BCUT2D eigenvalue weighted by Crippen LogP contribution is 2.32. The van der Waals surface area contributed by atoms with Crippen molar-refractivity contribution in [3.8, 4) is 0 Å². The molecule has 0 unspecified atom stereocenters. The molecule has 4 nitrogen and oxygen atoms in total. The van der Waals surface area contributed by atoms with Gasteiger partial charge in [-0.2, -0.15) is 4.31 Å². The minimum Gasteiger partial charge on any atom is -0.229 e. The second kappa shape index (κ2) is 4.84. The van der Waals surface area contributed by atoms with Gasteiger partial charge in [0.15, 0.2) is 8.68 Å². The van der Waals surface area contributed by atoms with Crippen molar-refractivity contribution in [2.75, 3.05) is 7.05 Å². The van der Waals surface area contributed by atoms with E-state index in [1.54, 1.807) is 14.0 Å². The molecule has 0 spiro atoms. The number of sulfonamides is 1. The molecule has 1 heterocycles. The van der Waals surface area contributed by atoms with Gasteiger partial charge in [0.2, 0.25) is 0 Å². The van der Waals surface area contributed by atoms with Crippen molar-refractivity contribution in [3.63, 3.8) is 0 Å². The van der Waals surface area contributed by atoms with Gasteiger partial charge in [0, 0.05) is 12.6 Å². The Bertz CT molecular complexity index is 508. The van der Waals surface area contributed by atoms with Gasteiger partial charge in [0.25, 0.3) is 10.0 Å². The summed E-state index contributed by atoms with van der Waals surface area (Å²) >= 11 is 6.75. The lowest BCUT2D eigenvalue weighted by atomic mass is 10.0. The minimum atomic E-state index is -3.51. The van der Waals surface area contributed by atoms with Gasteiger partial charge in [-0.15, -0.1) is 0 Å². The topological polar surface area (TPSA) is 50.3 Å². The molecule has 0 fully saturated rings. The summed E-state index contributed by atoms with van der Waals surface area (Å²) in [5, 5.41) is 0. The van der Waals surface area contributed by atoms with Crippen LogP contribution in [0.3, 0.4) is 0 Å². The summed E-state index contributed by atoms with van der Waals surface area (Å²) in [7, 11) is -1.92. The predicted octanol–water partition coefficient (Wildman–Crippen LogP) is 2.91. The molecule has 1 aromatic heterocycles. The number of nitrogens with zero attached hydrogens (tertiary/aromatic N) is 2. The van der Waals surface area contributed by atoms with E-state index in [9.17, 15) is 8.42 Å². The number of aryl methyl sites for hydroxylation is 1. The van der Waals surface area contributed by atoms with E-state index in [-0.39, 0.29) is 8.68 Å². The summed E-state index contributed by atoms with van der Waals surface area (Å²) < 4.78 is 26.7. The standard InChI is InChI=1S/C10H17ClN2O2S2/c1-6-10(3,4)13(5)17(14,15)8-7(2)12-9(11)16-8/h6H2,1-5H3. The lowest BCUT2D eigenvalue weighted by Gasteiger charge is -2.33. The van der Waals surface area contributed by atoms with Crippen molar-refractivity contribution < 1.29 is 8.42 Å². The molecule has 0 saturated carbocycles. The van der Waals surface area contributed by atoms with Gasteiger partial charge in [-0.25, -0.2) is 13.4 Å². The molecular weight excluding hydrogens is 280 g/mol. The summed E-state index contributed by atoms with van der Waals surface area (Å²) in [6, 6.07) is 0. The number of hydrogen-bond donors (Lipinski definition) is 0. The quantitative estimate of drug-likeness (QED) is 0.858. The van der Waals surface area contributed by atoms with Gasteiger partial charge in [-0.05, 0) is 27.2 Å². The van der Waals surface area contributed by atoms with E-state index in [0.717, 1.165) is 17.8 Å². The molecule has 0 saturated heterocycles. The van der Waals surface area contributed by atoms with Crippen molar-refractivity contribution in [1.29, 1.82) is 0 Å². The number of hydrogen-bond acceptors (Lipinski definition) is 4. The molecule has 0 aliphatic heterocycles. The molecule has 7 heteroatoms. The van der Waals surface area contributed by atoms with Crippen molar-refractivity contribution in [2.45, 2.75) is 43.9 Å². The summed E-state index contributed by atoms with van der Waals surface area (Å²) in [5.74, 6) is 0. The average molecular weight is 297 g/mol. The largest absolute Gasteiger partial charge is 0.254 e. The van der Waals surface area contributed by atoms with E-state index in [2.05, 4.69) is 4.98 Å². The maximum absolute atomic E-state index is 12.4. The first-order valence-electron chi connectivity index (χ1n) is 5.25. The Morgan fingerprint density at radius 2 is 2.00 bits per heavy atom. The molecule has 0 amide bonds. The monoisotopic (exact) mass is 296 g/mol.